The molecule has 1 aromatic heterocycles. The van der Waals surface area contributed by atoms with Crippen molar-refractivity contribution >= 4 is 12.0 Å². The van der Waals surface area contributed by atoms with E-state index in [-0.39, 0.29) is 17.9 Å². The number of nitrogens with one attached hydrogen (secondary N) is 1. The van der Waals surface area contributed by atoms with Gasteiger partial charge in [0.1, 0.15) is 5.75 Å². The quantitative estimate of drug-likeness (QED) is 0.366. The van der Waals surface area contributed by atoms with Crippen LogP contribution < -0.4 is 10.4 Å². The number of benzene rings is 3. The Hall–Kier alpha value is -4.19. The molecule has 0 amide bonds. The number of Topliss-reactive ketones (excluding diaryl/α,β-unsaturated/α-hetero) is 1. The van der Waals surface area contributed by atoms with Crippen molar-refractivity contribution < 1.29 is 9.53 Å². The van der Waals surface area contributed by atoms with E-state index < -0.39 is 0 Å². The van der Waals surface area contributed by atoms with Crippen molar-refractivity contribution in [1.82, 2.24) is 9.24 Å². The largest absolute Gasteiger partial charge is 0.497 e. The lowest BCUT2D eigenvalue weighted by Gasteiger charge is -2.08. The molecule has 0 aliphatic heterocycles. The van der Waals surface area contributed by atoms with Gasteiger partial charge in [0.15, 0.2) is 5.78 Å². The highest BCUT2D eigenvalue weighted by atomic mass is 16.5. The van der Waals surface area contributed by atoms with Crippen LogP contribution >= 0.6 is 0 Å². The van der Waals surface area contributed by atoms with Crippen LogP contribution in [0.25, 0.3) is 11.3 Å². The van der Waals surface area contributed by atoms with Crippen LogP contribution in [0.1, 0.15) is 15.9 Å². The summed E-state index contributed by atoms with van der Waals surface area (Å²) in [5.41, 5.74) is 3.27. The number of aromatic nitrogens is 2. The van der Waals surface area contributed by atoms with E-state index in [1.54, 1.807) is 48.4 Å². The third-order valence-corrected chi connectivity index (χ3v) is 4.92. The smallest absolute Gasteiger partial charge is 0.224 e. The van der Waals surface area contributed by atoms with Crippen molar-refractivity contribution in [2.45, 2.75) is 6.54 Å². The van der Waals surface area contributed by atoms with Gasteiger partial charge < -0.3 is 9.30 Å². The van der Waals surface area contributed by atoms with Crippen molar-refractivity contribution in [1.29, 1.82) is 5.41 Å². The Morgan fingerprint density at radius 1 is 0.968 bits per heavy atom. The maximum Gasteiger partial charge on any atom is 0.224 e. The predicted molar refractivity (Wildman–Crippen MR) is 120 cm³/mol. The number of hydrogen-bond acceptors (Lipinski definition) is 4. The lowest BCUT2D eigenvalue weighted by Crippen LogP contribution is -2.26. The highest BCUT2D eigenvalue weighted by molar-refractivity contribution is 5.96. The van der Waals surface area contributed by atoms with E-state index in [1.807, 2.05) is 60.7 Å². The van der Waals surface area contributed by atoms with Gasteiger partial charge in [0.25, 0.3) is 0 Å². The molecular weight excluding hydrogens is 388 g/mol. The molecule has 1 heterocycles. The monoisotopic (exact) mass is 410 g/mol. The molecule has 0 fully saturated rings. The van der Waals surface area contributed by atoms with Gasteiger partial charge in [0.2, 0.25) is 5.62 Å². The first kappa shape index (κ1) is 20.1. The van der Waals surface area contributed by atoms with Gasteiger partial charge in [-0.3, -0.25) is 10.2 Å². The molecule has 0 atom stereocenters. The first-order valence-electron chi connectivity index (χ1n) is 9.84. The Labute approximate surface area is 180 Å². The number of methoxy groups -OCH3 is 1. The Morgan fingerprint density at radius 2 is 1.61 bits per heavy atom. The highest BCUT2D eigenvalue weighted by Gasteiger charge is 2.15. The van der Waals surface area contributed by atoms with Gasteiger partial charge >= 0.3 is 0 Å². The maximum absolute atomic E-state index is 12.9. The van der Waals surface area contributed by atoms with Crippen LogP contribution in [0.2, 0.25) is 0 Å². The zero-order valence-electron chi connectivity index (χ0n) is 17.1. The average Bonchev–Trinajstić information content (AvgIpc) is 3.14. The van der Waals surface area contributed by atoms with Gasteiger partial charge in [-0.25, -0.2) is 4.68 Å². The number of rotatable bonds is 7. The molecule has 4 aromatic rings. The number of carbonyl (C=O) groups excluding carboxylic acids is 1. The third kappa shape index (κ3) is 4.53. The van der Waals surface area contributed by atoms with E-state index in [1.165, 1.54) is 4.68 Å². The molecule has 0 saturated carbocycles. The average molecular weight is 410 g/mol. The molecule has 0 radical (unpaired) electrons. The van der Waals surface area contributed by atoms with Crippen LogP contribution in [-0.2, 0) is 6.54 Å². The summed E-state index contributed by atoms with van der Waals surface area (Å²) < 4.78 is 8.32. The molecule has 0 bridgehead atoms. The summed E-state index contributed by atoms with van der Waals surface area (Å²) in [6.45, 7) is 0.0310. The first-order chi connectivity index (χ1) is 15.2. The second kappa shape index (κ2) is 9.09. The van der Waals surface area contributed by atoms with E-state index in [0.29, 0.717) is 11.3 Å². The number of nitrogens with zero attached hydrogens (tertiary/aromatic N) is 3. The SMILES string of the molecule is COc1ccc(C(=O)Cn2c(-c3ccccc3)cn(N=Cc3ccccc3)c2=N)cc1. The van der Waals surface area contributed by atoms with Crippen molar-refractivity contribution in [2.75, 3.05) is 7.11 Å². The highest BCUT2D eigenvalue weighted by Crippen LogP contribution is 2.19. The van der Waals surface area contributed by atoms with Crippen molar-refractivity contribution in [2.24, 2.45) is 5.10 Å². The summed E-state index contributed by atoms with van der Waals surface area (Å²) in [6.07, 6.45) is 3.47. The fourth-order valence-corrected chi connectivity index (χ4v) is 3.25. The molecule has 154 valence electrons. The minimum absolute atomic E-state index is 0.0310. The molecule has 0 unspecified atom stereocenters. The van der Waals surface area contributed by atoms with E-state index in [4.69, 9.17) is 10.1 Å². The van der Waals surface area contributed by atoms with E-state index in [2.05, 4.69) is 5.10 Å². The minimum Gasteiger partial charge on any atom is -0.497 e. The third-order valence-electron chi connectivity index (χ3n) is 4.92. The van der Waals surface area contributed by atoms with Crippen molar-refractivity contribution in [3.63, 3.8) is 0 Å². The van der Waals surface area contributed by atoms with Crippen molar-refractivity contribution in [3.8, 4) is 17.0 Å². The summed E-state index contributed by atoms with van der Waals surface area (Å²) in [6, 6.07) is 26.4. The first-order valence-corrected chi connectivity index (χ1v) is 9.84. The van der Waals surface area contributed by atoms with Crippen LogP contribution in [0.4, 0.5) is 0 Å². The summed E-state index contributed by atoms with van der Waals surface area (Å²) in [7, 11) is 1.59. The van der Waals surface area contributed by atoms with Gasteiger partial charge in [-0.2, -0.15) is 5.10 Å². The molecule has 1 N–H and O–H groups in total. The Balaban J connectivity index is 1.71. The molecule has 3 aromatic carbocycles. The molecule has 0 aliphatic rings. The van der Waals surface area contributed by atoms with Gasteiger partial charge in [0, 0.05) is 5.56 Å². The van der Waals surface area contributed by atoms with Crippen molar-refractivity contribution in [3.05, 3.63) is 108 Å². The van der Waals surface area contributed by atoms with Crippen LogP contribution in [0, 0.1) is 5.41 Å². The Morgan fingerprint density at radius 3 is 2.26 bits per heavy atom. The maximum atomic E-state index is 12.9. The van der Waals surface area contributed by atoms with E-state index in [0.717, 1.165) is 16.8 Å². The van der Waals surface area contributed by atoms with Crippen LogP contribution in [0.15, 0.2) is 96.2 Å². The Bertz CT molecular complexity index is 1250. The Kier molecular flexibility index (Phi) is 5.89. The lowest BCUT2D eigenvalue weighted by atomic mass is 10.1. The summed E-state index contributed by atoms with van der Waals surface area (Å²) in [4.78, 5) is 12.9. The van der Waals surface area contributed by atoms with E-state index >= 15 is 0 Å². The molecule has 0 saturated heterocycles. The fraction of sp³-hybridized carbons (Fsp3) is 0.0800. The molecule has 6 heteroatoms. The number of carbonyl (C=O) groups is 1. The topological polar surface area (TPSA) is 72.4 Å². The summed E-state index contributed by atoms with van der Waals surface area (Å²) in [5, 5.41) is 13.1. The zero-order valence-corrected chi connectivity index (χ0v) is 17.1. The minimum atomic E-state index is -0.0943. The number of ketones is 1. The molecule has 0 aliphatic carbocycles. The van der Waals surface area contributed by atoms with Crippen LogP contribution in [-0.4, -0.2) is 28.4 Å². The van der Waals surface area contributed by atoms with Crippen LogP contribution in [0.5, 0.6) is 5.75 Å². The normalized spacial score (nSPS) is 11.0. The molecule has 4 rings (SSSR count). The van der Waals surface area contributed by atoms with Gasteiger partial charge in [-0.1, -0.05) is 60.7 Å². The summed E-state index contributed by atoms with van der Waals surface area (Å²) >= 11 is 0. The zero-order chi connectivity index (χ0) is 21.6. The molecule has 6 nitrogen and oxygen atoms in total. The molecule has 0 spiro atoms. The molecular formula is C25H22N4O2. The second-order valence-electron chi connectivity index (χ2n) is 6.94. The number of ether oxygens (including phenoxy) is 1. The lowest BCUT2D eigenvalue weighted by molar-refractivity contribution is 0.0970. The van der Waals surface area contributed by atoms with Crippen LogP contribution in [0.3, 0.4) is 0 Å². The number of hydrogen-bond donors (Lipinski definition) is 1. The second-order valence-corrected chi connectivity index (χ2v) is 6.94. The fourth-order valence-electron chi connectivity index (χ4n) is 3.25. The van der Waals surface area contributed by atoms with E-state index in [9.17, 15) is 4.79 Å². The van der Waals surface area contributed by atoms with Gasteiger partial charge in [-0.15, -0.1) is 0 Å². The molecule has 31 heavy (non-hydrogen) atoms. The predicted octanol–water partition coefficient (Wildman–Crippen LogP) is 4.21. The number of imidazole rings is 1. The van der Waals surface area contributed by atoms with Gasteiger partial charge in [0.05, 0.1) is 31.8 Å². The standard InChI is InChI=1S/C25H22N4O2/c1-31-22-14-12-21(13-15-22)24(30)18-28-23(20-10-6-3-7-11-20)17-29(25(28)26)27-16-19-8-4-2-5-9-19/h2-17,26H,18H2,1H3. The summed E-state index contributed by atoms with van der Waals surface area (Å²) in [5.74, 6) is 0.597. The van der Waals surface area contributed by atoms with Gasteiger partial charge in [-0.05, 0) is 35.4 Å².